The van der Waals surface area contributed by atoms with Gasteiger partial charge in [-0.2, -0.15) is 5.10 Å². The van der Waals surface area contributed by atoms with E-state index in [0.717, 1.165) is 11.4 Å². The van der Waals surface area contributed by atoms with Gasteiger partial charge >= 0.3 is 11.9 Å². The van der Waals surface area contributed by atoms with Crippen molar-refractivity contribution in [1.29, 1.82) is 0 Å². The number of rotatable bonds is 9. The van der Waals surface area contributed by atoms with E-state index in [1.165, 1.54) is 18.2 Å². The van der Waals surface area contributed by atoms with E-state index in [4.69, 9.17) is 13.9 Å². The quantitative estimate of drug-likeness (QED) is 0.260. The molecule has 0 aliphatic heterocycles. The van der Waals surface area contributed by atoms with Crippen molar-refractivity contribution in [2.75, 3.05) is 18.5 Å². The van der Waals surface area contributed by atoms with Crippen LogP contribution in [0.15, 0.2) is 83.4 Å². The molecular weight excluding hydrogens is 474 g/mol. The Morgan fingerprint density at radius 3 is 2.43 bits per heavy atom. The van der Waals surface area contributed by atoms with E-state index in [9.17, 15) is 14.4 Å². The van der Waals surface area contributed by atoms with Crippen molar-refractivity contribution in [2.45, 2.75) is 13.8 Å². The summed E-state index contributed by atoms with van der Waals surface area (Å²) in [4.78, 5) is 36.2. The van der Waals surface area contributed by atoms with Crippen LogP contribution in [0.3, 0.4) is 0 Å². The number of ether oxygens (including phenoxy) is 2. The average molecular weight is 500 g/mol. The van der Waals surface area contributed by atoms with Gasteiger partial charge in [-0.1, -0.05) is 18.2 Å². The van der Waals surface area contributed by atoms with E-state index in [2.05, 4.69) is 10.4 Å². The molecule has 1 amide bonds. The number of para-hydroxylation sites is 1. The van der Waals surface area contributed by atoms with Crippen molar-refractivity contribution in [1.82, 2.24) is 9.78 Å². The zero-order valence-electron chi connectivity index (χ0n) is 20.3. The first-order chi connectivity index (χ1) is 17.9. The average Bonchev–Trinajstić information content (AvgIpc) is 3.53. The van der Waals surface area contributed by atoms with Crippen molar-refractivity contribution in [2.24, 2.45) is 0 Å². The third kappa shape index (κ3) is 6.61. The molecule has 4 aromatic rings. The number of esters is 2. The lowest BCUT2D eigenvalue weighted by atomic mass is 10.2. The number of aromatic nitrogens is 2. The number of furan rings is 1. The van der Waals surface area contributed by atoms with E-state index >= 15 is 0 Å². The summed E-state index contributed by atoms with van der Waals surface area (Å²) in [5.74, 6) is -0.356. The first-order valence-electron chi connectivity index (χ1n) is 11.6. The van der Waals surface area contributed by atoms with Crippen LogP contribution in [-0.2, 0) is 19.1 Å². The second kappa shape index (κ2) is 11.7. The van der Waals surface area contributed by atoms with Crippen LogP contribution < -0.4 is 5.32 Å². The summed E-state index contributed by atoms with van der Waals surface area (Å²) in [6, 6.07) is 19.4. The molecular formula is C28H25N3O6. The Kier molecular flexibility index (Phi) is 7.95. The lowest BCUT2D eigenvalue weighted by molar-refractivity contribution is -0.142. The van der Waals surface area contributed by atoms with Gasteiger partial charge in [0.15, 0.2) is 12.4 Å². The van der Waals surface area contributed by atoms with Crippen molar-refractivity contribution in [3.8, 4) is 17.1 Å². The second-order valence-corrected chi connectivity index (χ2v) is 7.91. The highest BCUT2D eigenvalue weighted by molar-refractivity contribution is 5.95. The van der Waals surface area contributed by atoms with Crippen LogP contribution in [0.5, 0.6) is 0 Å². The third-order valence-corrected chi connectivity index (χ3v) is 5.16. The van der Waals surface area contributed by atoms with Gasteiger partial charge in [-0.05, 0) is 68.5 Å². The molecule has 9 heteroatoms. The molecule has 2 aromatic carbocycles. The molecule has 2 heterocycles. The largest absolute Gasteiger partial charge is 0.462 e. The lowest BCUT2D eigenvalue weighted by Crippen LogP contribution is -2.20. The van der Waals surface area contributed by atoms with Gasteiger partial charge in [0.2, 0.25) is 0 Å². The molecule has 0 spiro atoms. The summed E-state index contributed by atoms with van der Waals surface area (Å²) < 4.78 is 17.4. The maximum absolute atomic E-state index is 12.3. The molecule has 0 bridgehead atoms. The highest BCUT2D eigenvalue weighted by Crippen LogP contribution is 2.26. The van der Waals surface area contributed by atoms with Crippen LogP contribution in [0.2, 0.25) is 0 Å². The first kappa shape index (κ1) is 25.2. The van der Waals surface area contributed by atoms with E-state index in [1.54, 1.807) is 36.0 Å². The highest BCUT2D eigenvalue weighted by Gasteiger charge is 2.14. The number of hydrogen-bond acceptors (Lipinski definition) is 7. The fourth-order valence-corrected chi connectivity index (χ4v) is 3.42. The third-order valence-electron chi connectivity index (χ3n) is 5.16. The number of benzene rings is 2. The Bertz CT molecular complexity index is 1420. The summed E-state index contributed by atoms with van der Waals surface area (Å²) >= 11 is 0. The highest BCUT2D eigenvalue weighted by atomic mass is 16.5. The predicted octanol–water partition coefficient (Wildman–Crippen LogP) is 4.81. The molecule has 0 unspecified atom stereocenters. The Balaban J connectivity index is 1.38. The van der Waals surface area contributed by atoms with Crippen LogP contribution >= 0.6 is 0 Å². The van der Waals surface area contributed by atoms with E-state index in [-0.39, 0.29) is 6.61 Å². The molecule has 4 rings (SSSR count). The Hall–Kier alpha value is -4.92. The minimum absolute atomic E-state index is 0.274. The summed E-state index contributed by atoms with van der Waals surface area (Å²) in [5.41, 5.74) is 2.87. The fraction of sp³-hybridized carbons (Fsp3) is 0.143. The van der Waals surface area contributed by atoms with Crippen molar-refractivity contribution in [3.63, 3.8) is 0 Å². The standard InChI is InChI=1S/C28H25N3O6/c1-3-35-28(34)20-10-13-22(14-11-20)29-25(32)18-36-26(33)16-12-21-17-31(23-7-5-4-6-8-23)30-27(21)24-15-9-19(2)37-24/h4-17H,3,18H2,1-2H3,(H,29,32)/b16-12+. The van der Waals surface area contributed by atoms with Gasteiger partial charge in [-0.3, -0.25) is 4.79 Å². The van der Waals surface area contributed by atoms with Gasteiger partial charge < -0.3 is 19.2 Å². The molecule has 0 aliphatic rings. The molecule has 1 N–H and O–H groups in total. The minimum atomic E-state index is -0.693. The maximum Gasteiger partial charge on any atom is 0.338 e. The smallest absolute Gasteiger partial charge is 0.338 e. The number of amides is 1. The second-order valence-electron chi connectivity index (χ2n) is 7.91. The molecule has 0 saturated heterocycles. The monoisotopic (exact) mass is 499 g/mol. The van der Waals surface area contributed by atoms with Crippen molar-refractivity contribution in [3.05, 3.63) is 95.9 Å². The number of hydrogen-bond donors (Lipinski definition) is 1. The predicted molar refractivity (Wildman–Crippen MR) is 137 cm³/mol. The van der Waals surface area contributed by atoms with Gasteiger partial charge in [0.25, 0.3) is 5.91 Å². The summed E-state index contributed by atoms with van der Waals surface area (Å²) in [6.07, 6.45) is 4.57. The van der Waals surface area contributed by atoms with E-state index in [1.807, 2.05) is 49.4 Å². The van der Waals surface area contributed by atoms with Gasteiger partial charge in [0, 0.05) is 23.5 Å². The normalized spacial score (nSPS) is 10.9. The maximum atomic E-state index is 12.3. The summed E-state index contributed by atoms with van der Waals surface area (Å²) in [7, 11) is 0. The zero-order chi connectivity index (χ0) is 26.2. The van der Waals surface area contributed by atoms with Gasteiger partial charge in [0.1, 0.15) is 11.5 Å². The summed E-state index contributed by atoms with van der Waals surface area (Å²) in [5, 5.41) is 7.22. The number of carbonyl (C=O) groups is 3. The molecule has 37 heavy (non-hydrogen) atoms. The first-order valence-corrected chi connectivity index (χ1v) is 11.6. The molecule has 0 aliphatic carbocycles. The van der Waals surface area contributed by atoms with E-state index < -0.39 is 24.5 Å². The number of aryl methyl sites for hydroxylation is 1. The number of carbonyl (C=O) groups excluding carboxylic acids is 3. The molecule has 9 nitrogen and oxygen atoms in total. The summed E-state index contributed by atoms with van der Waals surface area (Å²) in [6.45, 7) is 3.36. The van der Waals surface area contributed by atoms with Gasteiger partial charge in [-0.25, -0.2) is 14.3 Å². The van der Waals surface area contributed by atoms with Crippen LogP contribution in [0.25, 0.3) is 23.2 Å². The number of anilines is 1. The van der Waals surface area contributed by atoms with Crippen LogP contribution in [-0.4, -0.2) is 40.8 Å². The molecule has 0 radical (unpaired) electrons. The zero-order valence-corrected chi connectivity index (χ0v) is 20.3. The molecule has 2 aromatic heterocycles. The Labute approximate surface area is 213 Å². The van der Waals surface area contributed by atoms with Crippen LogP contribution in [0.1, 0.15) is 28.6 Å². The Morgan fingerprint density at radius 2 is 1.76 bits per heavy atom. The van der Waals surface area contributed by atoms with Crippen LogP contribution in [0, 0.1) is 6.92 Å². The van der Waals surface area contributed by atoms with Crippen molar-refractivity contribution < 1.29 is 28.3 Å². The van der Waals surface area contributed by atoms with Crippen molar-refractivity contribution >= 4 is 29.6 Å². The SMILES string of the molecule is CCOC(=O)c1ccc(NC(=O)COC(=O)/C=C/c2cn(-c3ccccc3)nc2-c2ccc(C)o2)cc1. The van der Waals surface area contributed by atoms with E-state index in [0.29, 0.717) is 28.3 Å². The van der Waals surface area contributed by atoms with Gasteiger partial charge in [-0.15, -0.1) is 0 Å². The molecule has 0 fully saturated rings. The molecule has 0 saturated carbocycles. The minimum Gasteiger partial charge on any atom is -0.462 e. The molecule has 188 valence electrons. The topological polar surface area (TPSA) is 113 Å². The Morgan fingerprint density at radius 1 is 1.00 bits per heavy atom. The number of nitrogens with one attached hydrogen (secondary N) is 1. The lowest BCUT2D eigenvalue weighted by Gasteiger charge is -2.06. The van der Waals surface area contributed by atoms with Gasteiger partial charge in [0.05, 0.1) is 17.9 Å². The van der Waals surface area contributed by atoms with Crippen LogP contribution in [0.4, 0.5) is 5.69 Å². The molecule has 0 atom stereocenters. The fourth-order valence-electron chi connectivity index (χ4n) is 3.42. The number of nitrogens with zero attached hydrogens (tertiary/aromatic N) is 2.